The van der Waals surface area contributed by atoms with E-state index >= 15 is 0 Å². The predicted molar refractivity (Wildman–Crippen MR) is 82.6 cm³/mol. The lowest BCUT2D eigenvalue weighted by Crippen LogP contribution is -2.45. The molecule has 2 aliphatic heterocycles. The van der Waals surface area contributed by atoms with E-state index in [1.54, 1.807) is 0 Å². The molecular formula is C16H33N3. The largest absolute Gasteiger partial charge is 0.311 e. The summed E-state index contributed by atoms with van der Waals surface area (Å²) in [7, 11) is 0. The molecule has 3 nitrogen and oxygen atoms in total. The molecule has 1 atom stereocenters. The number of nitrogens with one attached hydrogen (secondary N) is 1. The maximum Gasteiger partial charge on any atom is 0.0221 e. The molecule has 19 heavy (non-hydrogen) atoms. The van der Waals surface area contributed by atoms with Crippen LogP contribution in [-0.4, -0.2) is 60.6 Å². The topological polar surface area (TPSA) is 18.5 Å². The van der Waals surface area contributed by atoms with Gasteiger partial charge in [-0.05, 0) is 85.6 Å². The Balaban J connectivity index is 1.63. The first-order chi connectivity index (χ1) is 9.04. The Morgan fingerprint density at radius 2 is 1.74 bits per heavy atom. The van der Waals surface area contributed by atoms with Crippen LogP contribution in [0, 0.1) is 0 Å². The molecule has 1 N–H and O–H groups in total. The lowest BCUT2D eigenvalue weighted by Gasteiger charge is -2.29. The number of hydrogen-bond acceptors (Lipinski definition) is 3. The fourth-order valence-electron chi connectivity index (χ4n) is 3.35. The minimum absolute atomic E-state index is 0.254. The van der Waals surface area contributed by atoms with Crippen LogP contribution >= 0.6 is 0 Å². The molecule has 0 radical (unpaired) electrons. The number of hydrogen-bond donors (Lipinski definition) is 1. The molecule has 2 rings (SSSR count). The minimum atomic E-state index is 0.254. The normalized spacial score (nSPS) is 26.4. The highest BCUT2D eigenvalue weighted by molar-refractivity contribution is 4.84. The van der Waals surface area contributed by atoms with Gasteiger partial charge in [-0.15, -0.1) is 0 Å². The zero-order valence-electron chi connectivity index (χ0n) is 13.2. The minimum Gasteiger partial charge on any atom is -0.311 e. The summed E-state index contributed by atoms with van der Waals surface area (Å²) in [5.41, 5.74) is 0.254. The molecule has 2 saturated heterocycles. The van der Waals surface area contributed by atoms with Gasteiger partial charge in [0.05, 0.1) is 0 Å². The van der Waals surface area contributed by atoms with E-state index in [9.17, 15) is 0 Å². The second-order valence-corrected chi connectivity index (χ2v) is 7.37. The molecule has 0 aromatic rings. The van der Waals surface area contributed by atoms with Crippen LogP contribution < -0.4 is 5.32 Å². The van der Waals surface area contributed by atoms with Crippen LogP contribution in [0.4, 0.5) is 0 Å². The van der Waals surface area contributed by atoms with Crippen molar-refractivity contribution in [1.82, 2.24) is 15.1 Å². The third kappa shape index (κ3) is 5.41. The first kappa shape index (κ1) is 15.3. The molecule has 112 valence electrons. The van der Waals surface area contributed by atoms with Gasteiger partial charge in [-0.3, -0.25) is 4.90 Å². The van der Waals surface area contributed by atoms with Crippen molar-refractivity contribution in [2.24, 2.45) is 0 Å². The SMILES string of the molecule is CC(C)(C)NCC1CCCN1CCCN1CCCC1. The first-order valence-corrected chi connectivity index (χ1v) is 8.26. The van der Waals surface area contributed by atoms with Gasteiger partial charge in [-0.25, -0.2) is 0 Å². The average molecular weight is 267 g/mol. The fraction of sp³-hybridized carbons (Fsp3) is 1.00. The Labute approximate surface area is 119 Å². The molecule has 0 spiro atoms. The highest BCUT2D eigenvalue weighted by Gasteiger charge is 2.25. The zero-order chi connectivity index (χ0) is 13.7. The van der Waals surface area contributed by atoms with Gasteiger partial charge in [0, 0.05) is 18.1 Å². The van der Waals surface area contributed by atoms with E-state index in [4.69, 9.17) is 0 Å². The Morgan fingerprint density at radius 1 is 1.00 bits per heavy atom. The third-order valence-electron chi connectivity index (χ3n) is 4.49. The van der Waals surface area contributed by atoms with Crippen molar-refractivity contribution in [2.45, 2.75) is 64.5 Å². The van der Waals surface area contributed by atoms with Crippen molar-refractivity contribution in [3.63, 3.8) is 0 Å². The molecule has 0 saturated carbocycles. The van der Waals surface area contributed by atoms with Crippen LogP contribution in [0.3, 0.4) is 0 Å². The first-order valence-electron chi connectivity index (χ1n) is 8.26. The summed E-state index contributed by atoms with van der Waals surface area (Å²) in [6, 6.07) is 0.776. The highest BCUT2D eigenvalue weighted by atomic mass is 15.2. The standard InChI is InChI=1S/C16H33N3/c1-16(2,3)17-14-15-8-6-12-19(15)13-7-11-18-9-4-5-10-18/h15,17H,4-14H2,1-3H3. The van der Waals surface area contributed by atoms with Gasteiger partial charge < -0.3 is 10.2 Å². The second kappa shape index (κ2) is 7.05. The maximum absolute atomic E-state index is 3.67. The van der Waals surface area contributed by atoms with Gasteiger partial charge >= 0.3 is 0 Å². The molecule has 0 amide bonds. The quantitative estimate of drug-likeness (QED) is 0.797. The molecule has 1 unspecified atom stereocenters. The van der Waals surface area contributed by atoms with E-state index in [1.807, 2.05) is 0 Å². The van der Waals surface area contributed by atoms with Crippen LogP contribution in [0.5, 0.6) is 0 Å². The molecule has 2 heterocycles. The van der Waals surface area contributed by atoms with E-state index in [-0.39, 0.29) is 5.54 Å². The molecule has 0 aromatic carbocycles. The van der Waals surface area contributed by atoms with Crippen molar-refractivity contribution in [3.8, 4) is 0 Å². The Hall–Kier alpha value is -0.120. The molecule has 0 aromatic heterocycles. The van der Waals surface area contributed by atoms with Crippen molar-refractivity contribution >= 4 is 0 Å². The summed E-state index contributed by atoms with van der Waals surface area (Å²) in [6.07, 6.45) is 6.96. The Kier molecular flexibility index (Phi) is 5.67. The number of nitrogens with zero attached hydrogens (tertiary/aromatic N) is 2. The maximum atomic E-state index is 3.67. The fourth-order valence-corrected chi connectivity index (χ4v) is 3.35. The Bertz CT molecular complexity index is 253. The summed E-state index contributed by atoms with van der Waals surface area (Å²) >= 11 is 0. The molecular weight excluding hydrogens is 234 g/mol. The van der Waals surface area contributed by atoms with Crippen LogP contribution in [0.2, 0.25) is 0 Å². The van der Waals surface area contributed by atoms with Gasteiger partial charge in [-0.2, -0.15) is 0 Å². The number of likely N-dealkylation sites (tertiary alicyclic amines) is 2. The molecule has 0 bridgehead atoms. The van der Waals surface area contributed by atoms with Crippen LogP contribution in [0.1, 0.15) is 52.9 Å². The lowest BCUT2D eigenvalue weighted by atomic mass is 10.1. The van der Waals surface area contributed by atoms with Crippen molar-refractivity contribution in [1.29, 1.82) is 0 Å². The summed E-state index contributed by atoms with van der Waals surface area (Å²) in [4.78, 5) is 5.35. The summed E-state index contributed by atoms with van der Waals surface area (Å²) < 4.78 is 0. The third-order valence-corrected chi connectivity index (χ3v) is 4.49. The van der Waals surface area contributed by atoms with E-state index in [2.05, 4.69) is 35.9 Å². The van der Waals surface area contributed by atoms with E-state index in [0.717, 1.165) is 12.6 Å². The molecule has 3 heteroatoms. The van der Waals surface area contributed by atoms with E-state index in [1.165, 1.54) is 64.8 Å². The van der Waals surface area contributed by atoms with Crippen LogP contribution in [0.25, 0.3) is 0 Å². The van der Waals surface area contributed by atoms with Gasteiger partial charge in [-0.1, -0.05) is 0 Å². The molecule has 2 aliphatic rings. The van der Waals surface area contributed by atoms with Gasteiger partial charge in [0.1, 0.15) is 0 Å². The summed E-state index contributed by atoms with van der Waals surface area (Å²) in [5, 5.41) is 3.67. The van der Waals surface area contributed by atoms with E-state index in [0.29, 0.717) is 0 Å². The smallest absolute Gasteiger partial charge is 0.0221 e. The second-order valence-electron chi connectivity index (χ2n) is 7.37. The van der Waals surface area contributed by atoms with Crippen molar-refractivity contribution in [3.05, 3.63) is 0 Å². The molecule has 0 aliphatic carbocycles. The Morgan fingerprint density at radius 3 is 2.42 bits per heavy atom. The summed E-state index contributed by atoms with van der Waals surface area (Å²) in [5.74, 6) is 0. The average Bonchev–Trinajstić information content (AvgIpc) is 2.96. The highest BCUT2D eigenvalue weighted by Crippen LogP contribution is 2.18. The van der Waals surface area contributed by atoms with Gasteiger partial charge in [0.2, 0.25) is 0 Å². The monoisotopic (exact) mass is 267 g/mol. The number of rotatable bonds is 6. The zero-order valence-corrected chi connectivity index (χ0v) is 13.2. The van der Waals surface area contributed by atoms with Crippen LogP contribution in [-0.2, 0) is 0 Å². The summed E-state index contributed by atoms with van der Waals surface area (Å²) in [6.45, 7) is 14.6. The lowest BCUT2D eigenvalue weighted by molar-refractivity contribution is 0.216. The predicted octanol–water partition coefficient (Wildman–Crippen LogP) is 2.32. The van der Waals surface area contributed by atoms with Crippen molar-refractivity contribution in [2.75, 3.05) is 39.3 Å². The van der Waals surface area contributed by atoms with E-state index < -0.39 is 0 Å². The van der Waals surface area contributed by atoms with Crippen molar-refractivity contribution < 1.29 is 0 Å². The van der Waals surface area contributed by atoms with Gasteiger partial charge in [0.25, 0.3) is 0 Å². The van der Waals surface area contributed by atoms with Gasteiger partial charge in [0.15, 0.2) is 0 Å². The molecule has 2 fully saturated rings. The van der Waals surface area contributed by atoms with Crippen LogP contribution in [0.15, 0.2) is 0 Å².